The largest absolute Gasteiger partial charge is 0.383 e. The fourth-order valence-corrected chi connectivity index (χ4v) is 3.58. The van der Waals surface area contributed by atoms with Gasteiger partial charge in [-0.25, -0.2) is 0 Å². The molecule has 0 aliphatic heterocycles. The number of nitrogens with zero attached hydrogens (tertiary/aromatic N) is 2. The van der Waals surface area contributed by atoms with Crippen LogP contribution in [-0.2, 0) is 11.2 Å². The van der Waals surface area contributed by atoms with Crippen molar-refractivity contribution in [2.75, 3.05) is 26.8 Å². The van der Waals surface area contributed by atoms with E-state index in [9.17, 15) is 0 Å². The van der Waals surface area contributed by atoms with Crippen molar-refractivity contribution >= 4 is 22.7 Å². The van der Waals surface area contributed by atoms with Gasteiger partial charge in [-0.2, -0.15) is 11.3 Å². The Balaban J connectivity index is 1.77. The Morgan fingerprint density at radius 3 is 2.89 bits per heavy atom. The molecule has 2 aromatic rings. The molecule has 0 amide bonds. The molecule has 0 spiro atoms. The number of aromatic nitrogens is 2. The molecule has 0 aromatic carbocycles. The first-order valence-corrected chi connectivity index (χ1v) is 8.12. The first kappa shape index (κ1) is 14.6. The standard InChI is InChI=1S/C13H19N3OS2/c1-10-8-18-9-11(10)13-16-15-12(19-13)4-3-5-14-6-7-17-2/h8-9,14H,3-7H2,1-2H3. The zero-order valence-corrected chi connectivity index (χ0v) is 12.9. The van der Waals surface area contributed by atoms with E-state index in [1.54, 1.807) is 29.8 Å². The van der Waals surface area contributed by atoms with Crippen molar-refractivity contribution < 1.29 is 4.74 Å². The van der Waals surface area contributed by atoms with E-state index in [-0.39, 0.29) is 0 Å². The van der Waals surface area contributed by atoms with Crippen LogP contribution in [0.15, 0.2) is 10.8 Å². The number of rotatable bonds is 8. The molecule has 19 heavy (non-hydrogen) atoms. The van der Waals surface area contributed by atoms with Crippen LogP contribution in [-0.4, -0.2) is 37.0 Å². The molecule has 1 N–H and O–H groups in total. The van der Waals surface area contributed by atoms with Gasteiger partial charge in [0.1, 0.15) is 10.0 Å². The van der Waals surface area contributed by atoms with Crippen molar-refractivity contribution in [2.24, 2.45) is 0 Å². The van der Waals surface area contributed by atoms with Crippen LogP contribution in [0.1, 0.15) is 17.0 Å². The van der Waals surface area contributed by atoms with Crippen LogP contribution < -0.4 is 5.32 Å². The van der Waals surface area contributed by atoms with Crippen LogP contribution in [0.2, 0.25) is 0 Å². The predicted octanol–water partition coefficient (Wildman–Crippen LogP) is 2.74. The third-order valence-electron chi connectivity index (χ3n) is 2.78. The Hall–Kier alpha value is -0.820. The van der Waals surface area contributed by atoms with Crippen LogP contribution in [0.4, 0.5) is 0 Å². The summed E-state index contributed by atoms with van der Waals surface area (Å²) in [5, 5.41) is 18.3. The van der Waals surface area contributed by atoms with Crippen molar-refractivity contribution in [3.8, 4) is 10.6 Å². The van der Waals surface area contributed by atoms with Crippen LogP contribution in [0.3, 0.4) is 0 Å². The molecule has 0 unspecified atom stereocenters. The molecule has 2 rings (SSSR count). The van der Waals surface area contributed by atoms with Crippen LogP contribution in [0, 0.1) is 6.92 Å². The Kier molecular flexibility index (Phi) is 5.91. The van der Waals surface area contributed by atoms with Gasteiger partial charge in [-0.3, -0.25) is 0 Å². The molecule has 0 saturated heterocycles. The lowest BCUT2D eigenvalue weighted by Crippen LogP contribution is -2.20. The molecule has 0 bridgehead atoms. The average Bonchev–Trinajstić information content (AvgIpc) is 3.02. The predicted molar refractivity (Wildman–Crippen MR) is 81.0 cm³/mol. The Morgan fingerprint density at radius 2 is 2.16 bits per heavy atom. The monoisotopic (exact) mass is 297 g/mol. The number of methoxy groups -OCH3 is 1. The van der Waals surface area contributed by atoms with Crippen LogP contribution >= 0.6 is 22.7 Å². The number of nitrogens with one attached hydrogen (secondary N) is 1. The van der Waals surface area contributed by atoms with Crippen molar-refractivity contribution in [2.45, 2.75) is 19.8 Å². The van der Waals surface area contributed by atoms with Crippen molar-refractivity contribution in [3.63, 3.8) is 0 Å². The summed E-state index contributed by atoms with van der Waals surface area (Å²) in [5.74, 6) is 0. The van der Waals surface area contributed by atoms with E-state index in [4.69, 9.17) is 4.74 Å². The second kappa shape index (κ2) is 7.69. The minimum atomic E-state index is 0.764. The van der Waals surface area contributed by atoms with Gasteiger partial charge < -0.3 is 10.1 Å². The third kappa shape index (κ3) is 4.35. The van der Waals surface area contributed by atoms with Gasteiger partial charge in [0.05, 0.1) is 6.61 Å². The third-order valence-corrected chi connectivity index (χ3v) is 4.66. The zero-order valence-electron chi connectivity index (χ0n) is 11.3. The van der Waals surface area contributed by atoms with Crippen molar-refractivity contribution in [1.82, 2.24) is 15.5 Å². The molecule has 0 aliphatic carbocycles. The summed E-state index contributed by atoms with van der Waals surface area (Å²) >= 11 is 3.42. The first-order chi connectivity index (χ1) is 9.31. The molecule has 2 aromatic heterocycles. The summed E-state index contributed by atoms with van der Waals surface area (Å²) in [6.07, 6.45) is 2.07. The maximum atomic E-state index is 4.98. The minimum Gasteiger partial charge on any atom is -0.383 e. The molecular formula is C13H19N3OS2. The van der Waals surface area contributed by atoms with E-state index in [1.165, 1.54) is 11.1 Å². The Labute approximate surface area is 121 Å². The van der Waals surface area contributed by atoms with Gasteiger partial charge in [0, 0.05) is 31.0 Å². The van der Waals surface area contributed by atoms with Gasteiger partial charge in [0.25, 0.3) is 0 Å². The number of ether oxygens (including phenoxy) is 1. The highest BCUT2D eigenvalue weighted by atomic mass is 32.1. The van der Waals surface area contributed by atoms with E-state index in [1.807, 2.05) is 0 Å². The summed E-state index contributed by atoms with van der Waals surface area (Å²) < 4.78 is 4.98. The summed E-state index contributed by atoms with van der Waals surface area (Å²) in [5.41, 5.74) is 2.51. The quantitative estimate of drug-likeness (QED) is 0.761. The lowest BCUT2D eigenvalue weighted by molar-refractivity contribution is 0.199. The second-order valence-corrected chi connectivity index (χ2v) is 6.12. The summed E-state index contributed by atoms with van der Waals surface area (Å²) in [7, 11) is 1.72. The summed E-state index contributed by atoms with van der Waals surface area (Å²) in [4.78, 5) is 0. The van der Waals surface area contributed by atoms with Gasteiger partial charge in [-0.05, 0) is 30.8 Å². The molecule has 0 radical (unpaired) electrons. The lowest BCUT2D eigenvalue weighted by atomic mass is 10.2. The maximum absolute atomic E-state index is 4.98. The highest BCUT2D eigenvalue weighted by molar-refractivity contribution is 7.15. The van der Waals surface area contributed by atoms with E-state index < -0.39 is 0 Å². The van der Waals surface area contributed by atoms with Crippen LogP contribution in [0.25, 0.3) is 10.6 Å². The second-order valence-electron chi connectivity index (χ2n) is 4.32. The Morgan fingerprint density at radius 1 is 1.26 bits per heavy atom. The molecular weight excluding hydrogens is 278 g/mol. The SMILES string of the molecule is COCCNCCCc1nnc(-c2cscc2C)s1. The van der Waals surface area contributed by atoms with Gasteiger partial charge in [-0.1, -0.05) is 11.3 Å². The topological polar surface area (TPSA) is 47.0 Å². The first-order valence-electron chi connectivity index (χ1n) is 6.36. The normalized spacial score (nSPS) is 11.1. The van der Waals surface area contributed by atoms with E-state index in [0.29, 0.717) is 0 Å². The fraction of sp³-hybridized carbons (Fsp3) is 0.538. The highest BCUT2D eigenvalue weighted by Crippen LogP contribution is 2.29. The number of hydrogen-bond donors (Lipinski definition) is 1. The Bertz CT molecular complexity index is 496. The summed E-state index contributed by atoms with van der Waals surface area (Å²) in [6.45, 7) is 4.79. The molecule has 0 atom stereocenters. The van der Waals surface area contributed by atoms with Crippen LogP contribution in [0.5, 0.6) is 0 Å². The molecule has 6 heteroatoms. The van der Waals surface area contributed by atoms with Crippen molar-refractivity contribution in [3.05, 3.63) is 21.3 Å². The van der Waals surface area contributed by atoms with E-state index >= 15 is 0 Å². The highest BCUT2D eigenvalue weighted by Gasteiger charge is 2.09. The number of aryl methyl sites for hydroxylation is 2. The van der Waals surface area contributed by atoms with Gasteiger partial charge in [-0.15, -0.1) is 10.2 Å². The molecule has 104 valence electrons. The van der Waals surface area contributed by atoms with Gasteiger partial charge in [0.15, 0.2) is 0 Å². The number of hydrogen-bond acceptors (Lipinski definition) is 6. The van der Waals surface area contributed by atoms with E-state index in [0.717, 1.165) is 42.6 Å². The molecule has 2 heterocycles. The molecule has 4 nitrogen and oxygen atoms in total. The summed E-state index contributed by atoms with van der Waals surface area (Å²) in [6, 6.07) is 0. The maximum Gasteiger partial charge on any atom is 0.148 e. The molecule has 0 aliphatic rings. The average molecular weight is 297 g/mol. The van der Waals surface area contributed by atoms with Gasteiger partial charge in [0.2, 0.25) is 0 Å². The smallest absolute Gasteiger partial charge is 0.148 e. The fourth-order valence-electron chi connectivity index (χ4n) is 1.71. The molecule has 0 saturated carbocycles. The lowest BCUT2D eigenvalue weighted by Gasteiger charge is -2.01. The number of thiophene rings is 1. The van der Waals surface area contributed by atoms with E-state index in [2.05, 4.69) is 33.2 Å². The minimum absolute atomic E-state index is 0.764. The van der Waals surface area contributed by atoms with Crippen molar-refractivity contribution in [1.29, 1.82) is 0 Å². The zero-order chi connectivity index (χ0) is 13.5. The molecule has 0 fully saturated rings. The van der Waals surface area contributed by atoms with Gasteiger partial charge >= 0.3 is 0 Å².